The topological polar surface area (TPSA) is 0 Å². The Morgan fingerprint density at radius 2 is 1.89 bits per heavy atom. The fourth-order valence-electron chi connectivity index (χ4n) is 1.20. The van der Waals surface area contributed by atoms with Gasteiger partial charge in [-0.3, -0.25) is 0 Å². The van der Waals surface area contributed by atoms with Crippen LogP contribution in [0.5, 0.6) is 0 Å². The van der Waals surface area contributed by atoms with Gasteiger partial charge in [-0.05, 0) is 31.3 Å². The van der Waals surface area contributed by atoms with Crippen LogP contribution in [-0.4, -0.2) is 0 Å². The van der Waals surface area contributed by atoms with Gasteiger partial charge in [0, 0.05) is 5.54 Å². The molecule has 0 aromatic rings. The van der Waals surface area contributed by atoms with Gasteiger partial charge in [0.05, 0.1) is 0 Å². The smallest absolute Gasteiger partial charge is 0.0462 e. The summed E-state index contributed by atoms with van der Waals surface area (Å²) in [6, 6.07) is 0. The zero-order valence-electron chi connectivity index (χ0n) is 5.49. The Morgan fingerprint density at radius 1 is 1.22 bits per heavy atom. The molecule has 0 bridgehead atoms. The molecule has 0 atom stereocenters. The lowest BCUT2D eigenvalue weighted by atomic mass is 9.96. The van der Waals surface area contributed by atoms with Crippen LogP contribution in [0.2, 0.25) is 0 Å². The number of hydrogen-bond acceptors (Lipinski definition) is 0. The van der Waals surface area contributed by atoms with Crippen molar-refractivity contribution < 1.29 is 0 Å². The van der Waals surface area contributed by atoms with E-state index in [2.05, 4.69) is 5.73 Å². The third kappa shape index (κ3) is 2.26. The molecule has 0 heterocycles. The summed E-state index contributed by atoms with van der Waals surface area (Å²) in [6.45, 7) is 0. The van der Waals surface area contributed by atoms with Crippen LogP contribution in [0.15, 0.2) is 16.8 Å². The Labute approximate surface area is 61.2 Å². The van der Waals surface area contributed by atoms with Crippen molar-refractivity contribution in [3.63, 3.8) is 0 Å². The first-order valence-corrected chi connectivity index (χ1v) is 3.90. The maximum Gasteiger partial charge on any atom is 0.0462 e. The van der Waals surface area contributed by atoms with E-state index in [-0.39, 0.29) is 0 Å². The molecular weight excluding hydrogens is 132 g/mol. The number of rotatable bonds is 0. The highest BCUT2D eigenvalue weighted by Crippen LogP contribution is 2.21. The van der Waals surface area contributed by atoms with E-state index in [0.29, 0.717) is 0 Å². The van der Waals surface area contributed by atoms with Gasteiger partial charge in [-0.1, -0.05) is 18.0 Å². The molecule has 0 aliphatic heterocycles. The zero-order chi connectivity index (χ0) is 6.53. The van der Waals surface area contributed by atoms with Crippen LogP contribution < -0.4 is 0 Å². The molecule has 0 aromatic carbocycles. The van der Waals surface area contributed by atoms with E-state index in [1.165, 1.54) is 43.2 Å². The molecule has 1 aliphatic rings. The molecule has 0 saturated heterocycles. The highest BCUT2D eigenvalue weighted by Gasteiger charge is 2.02. The van der Waals surface area contributed by atoms with E-state index in [1.807, 2.05) is 0 Å². The summed E-state index contributed by atoms with van der Waals surface area (Å²) in [7, 11) is 0. The molecule has 0 nitrogen and oxygen atoms in total. The molecule has 0 N–H and O–H groups in total. The van der Waals surface area contributed by atoms with Crippen molar-refractivity contribution in [2.45, 2.75) is 32.1 Å². The molecule has 0 radical (unpaired) electrons. The van der Waals surface area contributed by atoms with Crippen LogP contribution in [0.3, 0.4) is 0 Å². The number of hydrogen-bond donors (Lipinski definition) is 0. The van der Waals surface area contributed by atoms with Gasteiger partial charge in [-0.15, -0.1) is 5.73 Å². The predicted octanol–water partition coefficient (Wildman–Crippen LogP) is 3.23. The minimum atomic E-state index is 1.21. The van der Waals surface area contributed by atoms with Gasteiger partial charge < -0.3 is 0 Å². The van der Waals surface area contributed by atoms with Crippen LogP contribution in [0.25, 0.3) is 0 Å². The molecule has 1 saturated carbocycles. The van der Waals surface area contributed by atoms with Crippen molar-refractivity contribution in [3.05, 3.63) is 16.8 Å². The summed E-state index contributed by atoms with van der Waals surface area (Å²) in [4.78, 5) is 0. The first-order valence-electron chi connectivity index (χ1n) is 3.46. The number of allylic oxidation sites excluding steroid dienone is 1. The van der Waals surface area contributed by atoms with Gasteiger partial charge in [0.1, 0.15) is 0 Å². The van der Waals surface area contributed by atoms with Crippen molar-refractivity contribution >= 4 is 11.6 Å². The molecule has 0 spiro atoms. The molecule has 9 heavy (non-hydrogen) atoms. The fraction of sp³-hybridized carbons (Fsp3) is 0.625. The summed E-state index contributed by atoms with van der Waals surface area (Å²) in [5.41, 5.74) is 5.94. The van der Waals surface area contributed by atoms with Gasteiger partial charge in [-0.2, -0.15) is 0 Å². The Balaban J connectivity index is 2.49. The number of halogens is 1. The first-order chi connectivity index (χ1) is 4.43. The van der Waals surface area contributed by atoms with Crippen molar-refractivity contribution in [1.82, 2.24) is 0 Å². The lowest BCUT2D eigenvalue weighted by molar-refractivity contribution is 0.600. The molecule has 1 aliphatic carbocycles. The molecule has 1 rings (SSSR count). The normalized spacial score (nSPS) is 19.0. The molecule has 1 fully saturated rings. The van der Waals surface area contributed by atoms with E-state index in [4.69, 9.17) is 11.6 Å². The second-order valence-electron chi connectivity index (χ2n) is 2.42. The average Bonchev–Trinajstić information content (AvgIpc) is 1.91. The summed E-state index contributed by atoms with van der Waals surface area (Å²) in [5, 5.41) is 0. The van der Waals surface area contributed by atoms with Crippen LogP contribution in [0.1, 0.15) is 32.1 Å². The van der Waals surface area contributed by atoms with Gasteiger partial charge >= 0.3 is 0 Å². The standard InChI is InChI=1S/C8H11Cl/c9-7-6-8-4-2-1-3-5-8/h7H,1-5H2. The molecule has 1 heteroatoms. The Hall–Kier alpha value is -0.190. The van der Waals surface area contributed by atoms with Crippen LogP contribution in [-0.2, 0) is 0 Å². The average molecular weight is 143 g/mol. The summed E-state index contributed by atoms with van der Waals surface area (Å²) in [6.07, 6.45) is 6.46. The van der Waals surface area contributed by atoms with Crippen molar-refractivity contribution in [2.24, 2.45) is 0 Å². The lowest BCUT2D eigenvalue weighted by Crippen LogP contribution is -1.91. The second-order valence-corrected chi connectivity index (χ2v) is 2.64. The van der Waals surface area contributed by atoms with Crippen molar-refractivity contribution in [1.29, 1.82) is 0 Å². The summed E-state index contributed by atoms with van der Waals surface area (Å²) < 4.78 is 0. The lowest BCUT2D eigenvalue weighted by Gasteiger charge is -2.09. The molecule has 0 aromatic heterocycles. The Bertz CT molecular complexity index is 133. The fourth-order valence-corrected chi connectivity index (χ4v) is 1.35. The van der Waals surface area contributed by atoms with Gasteiger partial charge in [-0.25, -0.2) is 0 Å². The summed E-state index contributed by atoms with van der Waals surface area (Å²) in [5.74, 6) is 0. The maximum absolute atomic E-state index is 5.38. The van der Waals surface area contributed by atoms with Crippen LogP contribution in [0.4, 0.5) is 0 Å². The third-order valence-corrected chi connectivity index (χ3v) is 1.82. The van der Waals surface area contributed by atoms with E-state index >= 15 is 0 Å². The second kappa shape index (κ2) is 3.76. The monoisotopic (exact) mass is 142 g/mol. The molecular formula is C8H11Cl. The molecule has 50 valence electrons. The SMILES string of the molecule is ClC=C=C1CCCCC1. The van der Waals surface area contributed by atoms with E-state index in [1.54, 1.807) is 0 Å². The van der Waals surface area contributed by atoms with E-state index in [0.717, 1.165) is 0 Å². The highest BCUT2D eigenvalue weighted by molar-refractivity contribution is 6.25. The largest absolute Gasteiger partial charge is 0.109 e. The molecule has 0 amide bonds. The highest BCUT2D eigenvalue weighted by atomic mass is 35.5. The Kier molecular flexibility index (Phi) is 2.90. The van der Waals surface area contributed by atoms with Crippen molar-refractivity contribution in [2.75, 3.05) is 0 Å². The van der Waals surface area contributed by atoms with Gasteiger partial charge in [0.25, 0.3) is 0 Å². The third-order valence-electron chi connectivity index (χ3n) is 1.72. The van der Waals surface area contributed by atoms with E-state index in [9.17, 15) is 0 Å². The minimum absolute atomic E-state index is 1.21. The summed E-state index contributed by atoms with van der Waals surface area (Å²) >= 11 is 5.38. The van der Waals surface area contributed by atoms with Crippen LogP contribution >= 0.6 is 11.6 Å². The molecule has 0 unspecified atom stereocenters. The predicted molar refractivity (Wildman–Crippen MR) is 40.5 cm³/mol. The minimum Gasteiger partial charge on any atom is -0.109 e. The first kappa shape index (κ1) is 6.92. The maximum atomic E-state index is 5.38. The van der Waals surface area contributed by atoms with Crippen LogP contribution in [0, 0.1) is 0 Å². The quantitative estimate of drug-likeness (QED) is 0.456. The van der Waals surface area contributed by atoms with Gasteiger partial charge in [0.15, 0.2) is 0 Å². The van der Waals surface area contributed by atoms with E-state index < -0.39 is 0 Å². The van der Waals surface area contributed by atoms with Crippen molar-refractivity contribution in [3.8, 4) is 0 Å². The zero-order valence-corrected chi connectivity index (χ0v) is 6.25. The Morgan fingerprint density at radius 3 is 2.44 bits per heavy atom. The van der Waals surface area contributed by atoms with Gasteiger partial charge in [0.2, 0.25) is 0 Å².